The topological polar surface area (TPSA) is 56.3 Å². The molecular weight excluding hydrogens is 238 g/mol. The third kappa shape index (κ3) is 3.22. The van der Waals surface area contributed by atoms with E-state index in [0.717, 1.165) is 4.90 Å². The molecule has 0 aliphatic heterocycles. The Morgan fingerprint density at radius 2 is 1.94 bits per heavy atom. The van der Waals surface area contributed by atoms with Gasteiger partial charge in [-0.1, -0.05) is 30.0 Å². The van der Waals surface area contributed by atoms with Crippen molar-refractivity contribution in [2.75, 3.05) is 0 Å². The van der Waals surface area contributed by atoms with E-state index in [2.05, 4.69) is 0 Å². The van der Waals surface area contributed by atoms with E-state index >= 15 is 0 Å². The first-order chi connectivity index (χ1) is 8.25. The highest BCUT2D eigenvalue weighted by molar-refractivity contribution is 8.02. The van der Waals surface area contributed by atoms with Crippen LogP contribution in [0.4, 0.5) is 5.88 Å². The Hall–Kier alpha value is -2.01. The van der Waals surface area contributed by atoms with E-state index in [1.165, 1.54) is 17.8 Å². The maximum atomic E-state index is 10.4. The first-order valence-corrected chi connectivity index (χ1v) is 5.76. The van der Waals surface area contributed by atoms with Gasteiger partial charge in [0.2, 0.25) is 0 Å². The van der Waals surface area contributed by atoms with Gasteiger partial charge in [-0.2, -0.15) is 0 Å². The normalized spacial score (nSPS) is 10.8. The van der Waals surface area contributed by atoms with Gasteiger partial charge in [0.25, 0.3) is 0 Å². The molecule has 2 aromatic rings. The maximum absolute atomic E-state index is 10.4. The highest BCUT2D eigenvalue weighted by Crippen LogP contribution is 2.21. The molecule has 0 N–H and O–H groups in total. The number of rotatable bonds is 4. The van der Waals surface area contributed by atoms with Crippen LogP contribution in [0, 0.1) is 10.1 Å². The largest absolute Gasteiger partial charge is 0.433 e. The number of hydrogen-bond acceptors (Lipinski definition) is 4. The standard InChI is InChI=1S/C12H9NO3S/c14-13(15)12-7-6-10(16-12)8-9-17-11-4-2-1-3-5-11/h1-9H/b9-8+. The van der Waals surface area contributed by atoms with Crippen molar-refractivity contribution in [2.45, 2.75) is 4.90 Å². The molecule has 2 rings (SSSR count). The molecule has 17 heavy (non-hydrogen) atoms. The van der Waals surface area contributed by atoms with E-state index in [4.69, 9.17) is 4.42 Å². The smallest absolute Gasteiger partial charge is 0.401 e. The molecule has 0 fully saturated rings. The van der Waals surface area contributed by atoms with Crippen LogP contribution in [0.15, 0.2) is 57.2 Å². The molecule has 0 atom stereocenters. The summed E-state index contributed by atoms with van der Waals surface area (Å²) >= 11 is 1.52. The van der Waals surface area contributed by atoms with Crippen LogP contribution in [0.3, 0.4) is 0 Å². The molecule has 0 aliphatic carbocycles. The summed E-state index contributed by atoms with van der Waals surface area (Å²) in [4.78, 5) is 10.9. The van der Waals surface area contributed by atoms with Crippen LogP contribution in [0.2, 0.25) is 0 Å². The van der Waals surface area contributed by atoms with E-state index < -0.39 is 4.92 Å². The minimum Gasteiger partial charge on any atom is -0.401 e. The third-order valence-corrected chi connectivity index (χ3v) is 2.79. The second-order valence-corrected chi connectivity index (χ2v) is 4.15. The first-order valence-electron chi connectivity index (χ1n) is 4.88. The van der Waals surface area contributed by atoms with Gasteiger partial charge >= 0.3 is 5.88 Å². The lowest BCUT2D eigenvalue weighted by Crippen LogP contribution is -1.82. The zero-order valence-corrected chi connectivity index (χ0v) is 9.59. The Bertz CT molecular complexity index is 534. The van der Waals surface area contributed by atoms with Crippen LogP contribution >= 0.6 is 11.8 Å². The van der Waals surface area contributed by atoms with Crippen molar-refractivity contribution in [3.05, 3.63) is 63.7 Å². The van der Waals surface area contributed by atoms with Crippen molar-refractivity contribution < 1.29 is 9.34 Å². The van der Waals surface area contributed by atoms with E-state index in [1.54, 1.807) is 12.1 Å². The zero-order chi connectivity index (χ0) is 12.1. The average molecular weight is 247 g/mol. The summed E-state index contributed by atoms with van der Waals surface area (Å²) in [5, 5.41) is 12.2. The lowest BCUT2D eigenvalue weighted by Gasteiger charge is -1.92. The fraction of sp³-hybridized carbons (Fsp3) is 0. The number of nitrogens with zero attached hydrogens (tertiary/aromatic N) is 1. The van der Waals surface area contributed by atoms with Crippen molar-refractivity contribution in [3.63, 3.8) is 0 Å². The molecule has 86 valence electrons. The van der Waals surface area contributed by atoms with E-state index in [9.17, 15) is 10.1 Å². The van der Waals surface area contributed by atoms with Crippen molar-refractivity contribution in [1.82, 2.24) is 0 Å². The SMILES string of the molecule is O=[N+]([O-])c1ccc(/C=C/Sc2ccccc2)o1. The minimum atomic E-state index is -0.554. The molecule has 1 heterocycles. The molecule has 0 radical (unpaired) electrons. The van der Waals surface area contributed by atoms with Gasteiger partial charge in [0.15, 0.2) is 0 Å². The van der Waals surface area contributed by atoms with Gasteiger partial charge in [-0.25, -0.2) is 0 Å². The van der Waals surface area contributed by atoms with Crippen molar-refractivity contribution in [2.24, 2.45) is 0 Å². The quantitative estimate of drug-likeness (QED) is 0.466. The van der Waals surface area contributed by atoms with Gasteiger partial charge in [0.05, 0.1) is 6.07 Å². The van der Waals surface area contributed by atoms with Crippen molar-refractivity contribution in [1.29, 1.82) is 0 Å². The van der Waals surface area contributed by atoms with E-state index in [0.29, 0.717) is 5.76 Å². The minimum absolute atomic E-state index is 0.241. The number of nitro groups is 1. The van der Waals surface area contributed by atoms with Crippen LogP contribution in [-0.4, -0.2) is 4.92 Å². The fourth-order valence-corrected chi connectivity index (χ4v) is 1.88. The second-order valence-electron chi connectivity index (χ2n) is 3.17. The van der Waals surface area contributed by atoms with Gasteiger partial charge in [-0.3, -0.25) is 10.1 Å². The molecule has 5 heteroatoms. The van der Waals surface area contributed by atoms with Gasteiger partial charge in [-0.15, -0.1) is 0 Å². The predicted octanol–water partition coefficient (Wildman–Crippen LogP) is 3.95. The summed E-state index contributed by atoms with van der Waals surface area (Å²) < 4.78 is 4.98. The predicted molar refractivity (Wildman–Crippen MR) is 66.7 cm³/mol. The van der Waals surface area contributed by atoms with E-state index in [-0.39, 0.29) is 5.88 Å². The lowest BCUT2D eigenvalue weighted by atomic mass is 10.4. The number of hydrogen-bond donors (Lipinski definition) is 0. The zero-order valence-electron chi connectivity index (χ0n) is 8.78. The Morgan fingerprint density at radius 3 is 2.59 bits per heavy atom. The van der Waals surface area contributed by atoms with Gasteiger partial charge in [0.1, 0.15) is 10.7 Å². The first kappa shape index (κ1) is 11.5. The lowest BCUT2D eigenvalue weighted by molar-refractivity contribution is -0.402. The Labute approximate surface area is 102 Å². The van der Waals surface area contributed by atoms with Gasteiger partial charge in [-0.05, 0) is 29.7 Å². The Kier molecular flexibility index (Phi) is 3.62. The number of thioether (sulfide) groups is 1. The summed E-state index contributed by atoms with van der Waals surface area (Å²) in [7, 11) is 0. The third-order valence-electron chi connectivity index (χ3n) is 1.97. The summed E-state index contributed by atoms with van der Waals surface area (Å²) in [6.45, 7) is 0. The van der Waals surface area contributed by atoms with E-state index in [1.807, 2.05) is 35.7 Å². The fourth-order valence-electron chi connectivity index (χ4n) is 1.21. The molecule has 0 saturated heterocycles. The summed E-state index contributed by atoms with van der Waals surface area (Å²) in [5.41, 5.74) is 0. The van der Waals surface area contributed by atoms with Crippen LogP contribution in [0.25, 0.3) is 6.08 Å². The Balaban J connectivity index is 1.98. The number of furan rings is 1. The molecular formula is C12H9NO3S. The molecule has 0 unspecified atom stereocenters. The maximum Gasteiger partial charge on any atom is 0.433 e. The van der Waals surface area contributed by atoms with Crippen molar-refractivity contribution >= 4 is 23.7 Å². The van der Waals surface area contributed by atoms with Crippen LogP contribution in [-0.2, 0) is 0 Å². The number of benzene rings is 1. The highest BCUT2D eigenvalue weighted by atomic mass is 32.2. The van der Waals surface area contributed by atoms with Crippen LogP contribution < -0.4 is 0 Å². The molecule has 0 spiro atoms. The van der Waals surface area contributed by atoms with Gasteiger partial charge in [0, 0.05) is 4.90 Å². The second kappa shape index (κ2) is 5.36. The van der Waals surface area contributed by atoms with Crippen LogP contribution in [0.5, 0.6) is 0 Å². The molecule has 4 nitrogen and oxygen atoms in total. The summed E-state index contributed by atoms with van der Waals surface area (Å²) in [5.74, 6) is 0.231. The molecule has 0 aliphatic rings. The highest BCUT2D eigenvalue weighted by Gasteiger charge is 2.09. The van der Waals surface area contributed by atoms with Crippen LogP contribution in [0.1, 0.15) is 5.76 Å². The molecule has 1 aromatic carbocycles. The van der Waals surface area contributed by atoms with Crippen molar-refractivity contribution in [3.8, 4) is 0 Å². The molecule has 1 aromatic heterocycles. The Morgan fingerprint density at radius 1 is 1.18 bits per heavy atom. The molecule has 0 saturated carbocycles. The average Bonchev–Trinajstić information content (AvgIpc) is 2.79. The summed E-state index contributed by atoms with van der Waals surface area (Å²) in [6, 6.07) is 12.7. The molecule has 0 amide bonds. The monoisotopic (exact) mass is 247 g/mol. The van der Waals surface area contributed by atoms with Gasteiger partial charge < -0.3 is 4.42 Å². The summed E-state index contributed by atoms with van der Waals surface area (Å²) in [6.07, 6.45) is 1.70. The molecule has 0 bridgehead atoms.